The average molecular weight is 282 g/mol. The van der Waals surface area contributed by atoms with Gasteiger partial charge in [-0.3, -0.25) is 0 Å². The number of aliphatic carboxylic acids is 1. The molecule has 17 heavy (non-hydrogen) atoms. The van der Waals surface area contributed by atoms with E-state index in [0.29, 0.717) is 10.5 Å². The third-order valence-electron chi connectivity index (χ3n) is 3.43. The van der Waals surface area contributed by atoms with Crippen molar-refractivity contribution >= 4 is 29.5 Å². The number of hydrogen-bond donors (Lipinski definition) is 0. The summed E-state index contributed by atoms with van der Waals surface area (Å²) < 4.78 is -0.328. The molecule has 2 aliphatic rings. The van der Waals surface area contributed by atoms with Crippen LogP contribution in [0.25, 0.3) is 0 Å². The van der Waals surface area contributed by atoms with E-state index in [2.05, 4.69) is 0 Å². The van der Waals surface area contributed by atoms with E-state index in [1.807, 2.05) is 0 Å². The van der Waals surface area contributed by atoms with Crippen molar-refractivity contribution in [2.75, 3.05) is 0 Å². The summed E-state index contributed by atoms with van der Waals surface area (Å²) >= 11 is 3.30. The van der Waals surface area contributed by atoms with Crippen LogP contribution in [-0.2, 0) is 4.79 Å². The van der Waals surface area contributed by atoms with E-state index in [4.69, 9.17) is 0 Å². The molecule has 0 aromatic carbocycles. The van der Waals surface area contributed by atoms with Crippen molar-refractivity contribution < 1.29 is 39.5 Å². The van der Waals surface area contributed by atoms with Gasteiger partial charge in [0.25, 0.3) is 0 Å². The Morgan fingerprint density at radius 1 is 0.941 bits per heavy atom. The predicted molar refractivity (Wildman–Crippen MR) is 68.5 cm³/mol. The zero-order valence-corrected chi connectivity index (χ0v) is 14.2. The van der Waals surface area contributed by atoms with Gasteiger partial charge >= 0.3 is 29.6 Å². The second kappa shape index (κ2) is 8.36. The van der Waals surface area contributed by atoms with Crippen LogP contribution in [0.5, 0.6) is 0 Å². The molecule has 0 unspecified atom stereocenters. The molecule has 0 spiro atoms. The molecule has 0 saturated heterocycles. The Balaban J connectivity index is 0.00000144. The Kier molecular flexibility index (Phi) is 7.98. The monoisotopic (exact) mass is 282 g/mol. The minimum absolute atomic E-state index is 0. The minimum atomic E-state index is -0.867. The fourth-order valence-corrected chi connectivity index (χ4v) is 5.87. The topological polar surface area (TPSA) is 40.1 Å². The maximum atomic E-state index is 11.1. The smallest absolute Gasteiger partial charge is 0.548 e. The molecular formula is C12H19NaO2S2. The summed E-state index contributed by atoms with van der Waals surface area (Å²) in [4.78, 5) is 11.1. The van der Waals surface area contributed by atoms with Gasteiger partial charge in [0.05, 0.1) is 10.6 Å². The number of carbonyl (C=O) groups is 1. The molecule has 0 N–H and O–H groups in total. The largest absolute Gasteiger partial charge is 1.00 e. The van der Waals surface area contributed by atoms with Gasteiger partial charge in [-0.2, -0.15) is 0 Å². The second-order valence-electron chi connectivity index (χ2n) is 4.74. The van der Waals surface area contributed by atoms with Gasteiger partial charge in [-0.1, -0.05) is 25.7 Å². The molecule has 0 aromatic rings. The van der Waals surface area contributed by atoms with Crippen LogP contribution in [0.4, 0.5) is 0 Å². The third-order valence-corrected chi connectivity index (χ3v) is 6.69. The van der Waals surface area contributed by atoms with Crippen LogP contribution in [0.2, 0.25) is 0 Å². The van der Waals surface area contributed by atoms with Crippen LogP contribution >= 0.6 is 23.5 Å². The molecule has 2 saturated carbocycles. The van der Waals surface area contributed by atoms with Gasteiger partial charge in [0.1, 0.15) is 0 Å². The van der Waals surface area contributed by atoms with Crippen molar-refractivity contribution in [2.45, 2.75) is 66.4 Å². The molecule has 5 heteroatoms. The molecule has 0 atom stereocenters. The molecule has 92 valence electrons. The fourth-order valence-electron chi connectivity index (χ4n) is 2.54. The molecule has 0 radical (unpaired) electrons. The summed E-state index contributed by atoms with van der Waals surface area (Å²) in [6.07, 6.45) is 9.85. The molecule has 0 amide bonds. The average Bonchev–Trinajstić information content (AvgIpc) is 2.88. The van der Waals surface area contributed by atoms with Crippen molar-refractivity contribution in [1.82, 2.24) is 0 Å². The molecular weight excluding hydrogens is 263 g/mol. The van der Waals surface area contributed by atoms with Crippen molar-refractivity contribution in [3.8, 4) is 0 Å². The molecule has 2 aliphatic carbocycles. The fraction of sp³-hybridized carbons (Fsp3) is 0.917. The van der Waals surface area contributed by atoms with E-state index in [9.17, 15) is 9.90 Å². The molecule has 2 rings (SSSR count). The number of hydrogen-bond acceptors (Lipinski definition) is 4. The van der Waals surface area contributed by atoms with E-state index in [1.165, 1.54) is 51.4 Å². The van der Waals surface area contributed by atoms with Gasteiger partial charge in [0, 0.05) is 10.5 Å². The third kappa shape index (κ3) is 5.35. The van der Waals surface area contributed by atoms with Crippen LogP contribution in [0.15, 0.2) is 0 Å². The standard InChI is InChI=1S/C12H20O2S2.Na/c13-11(14)12(15-9-5-1-2-6-9)16-10-7-3-4-8-10;/h9-10,12H,1-8H2,(H,13,14);/q;+1/p-1. The Morgan fingerprint density at radius 3 is 1.59 bits per heavy atom. The van der Waals surface area contributed by atoms with E-state index >= 15 is 0 Å². The Labute approximate surface area is 134 Å². The van der Waals surface area contributed by atoms with Crippen LogP contribution in [0.1, 0.15) is 51.4 Å². The van der Waals surface area contributed by atoms with Crippen LogP contribution in [-0.4, -0.2) is 21.1 Å². The SMILES string of the molecule is O=C([O-])C(SC1CCCC1)SC1CCCC1.[Na+]. The van der Waals surface area contributed by atoms with E-state index in [1.54, 1.807) is 23.5 Å². The van der Waals surface area contributed by atoms with E-state index < -0.39 is 5.97 Å². The predicted octanol–water partition coefficient (Wildman–Crippen LogP) is -0.582. The van der Waals surface area contributed by atoms with Gasteiger partial charge < -0.3 is 9.90 Å². The number of carboxylic acids is 1. The summed E-state index contributed by atoms with van der Waals surface area (Å²) in [5.74, 6) is -0.867. The first-order valence-corrected chi connectivity index (χ1v) is 8.16. The van der Waals surface area contributed by atoms with Crippen LogP contribution < -0.4 is 34.7 Å². The Morgan fingerprint density at radius 2 is 1.29 bits per heavy atom. The van der Waals surface area contributed by atoms with Crippen LogP contribution in [0, 0.1) is 0 Å². The summed E-state index contributed by atoms with van der Waals surface area (Å²) in [7, 11) is 0. The first-order valence-electron chi connectivity index (χ1n) is 6.27. The molecule has 0 aliphatic heterocycles. The minimum Gasteiger partial charge on any atom is -0.548 e. The van der Waals surface area contributed by atoms with Crippen molar-refractivity contribution in [3.05, 3.63) is 0 Å². The summed E-state index contributed by atoms with van der Waals surface area (Å²) in [6.45, 7) is 0. The number of rotatable bonds is 5. The normalized spacial score (nSPS) is 21.9. The molecule has 0 aromatic heterocycles. The quantitative estimate of drug-likeness (QED) is 0.500. The second-order valence-corrected chi connectivity index (χ2v) is 7.85. The maximum Gasteiger partial charge on any atom is 1.00 e. The summed E-state index contributed by atoms with van der Waals surface area (Å²) in [6, 6.07) is 0. The summed E-state index contributed by atoms with van der Waals surface area (Å²) in [5.41, 5.74) is 0. The van der Waals surface area contributed by atoms with Gasteiger partial charge in [-0.05, 0) is 25.7 Å². The zero-order chi connectivity index (χ0) is 11.4. The summed E-state index contributed by atoms with van der Waals surface area (Å²) in [5, 5.41) is 12.3. The zero-order valence-electron chi connectivity index (χ0n) is 10.5. The maximum absolute atomic E-state index is 11.1. The number of carbonyl (C=O) groups excluding carboxylic acids is 1. The number of thioether (sulfide) groups is 2. The van der Waals surface area contributed by atoms with Crippen molar-refractivity contribution in [2.24, 2.45) is 0 Å². The molecule has 0 heterocycles. The first-order chi connectivity index (χ1) is 7.75. The number of carboxylic acid groups (broad SMARTS) is 1. The van der Waals surface area contributed by atoms with E-state index in [0.717, 1.165) is 0 Å². The van der Waals surface area contributed by atoms with E-state index in [-0.39, 0.29) is 34.1 Å². The molecule has 0 bridgehead atoms. The van der Waals surface area contributed by atoms with Gasteiger partial charge in [0.2, 0.25) is 0 Å². The van der Waals surface area contributed by atoms with Crippen molar-refractivity contribution in [3.63, 3.8) is 0 Å². The molecule has 2 fully saturated rings. The van der Waals surface area contributed by atoms with Gasteiger partial charge in [-0.25, -0.2) is 0 Å². The molecule has 2 nitrogen and oxygen atoms in total. The Bertz CT molecular complexity index is 221. The first kappa shape index (κ1) is 16.2. The van der Waals surface area contributed by atoms with Crippen molar-refractivity contribution in [1.29, 1.82) is 0 Å². The van der Waals surface area contributed by atoms with Gasteiger partial charge in [-0.15, -0.1) is 23.5 Å². The van der Waals surface area contributed by atoms with Gasteiger partial charge in [0.15, 0.2) is 0 Å². The Hall–Kier alpha value is 1.17. The van der Waals surface area contributed by atoms with Crippen LogP contribution in [0.3, 0.4) is 0 Å².